The van der Waals surface area contributed by atoms with E-state index in [2.05, 4.69) is 6.92 Å². The second kappa shape index (κ2) is 2.89. The Kier molecular flexibility index (Phi) is 2.22. The van der Waals surface area contributed by atoms with Gasteiger partial charge in [0.15, 0.2) is 5.78 Å². The first kappa shape index (κ1) is 9.24. The molecule has 1 aliphatic carbocycles. The summed E-state index contributed by atoms with van der Waals surface area (Å²) in [6, 6.07) is 0. The smallest absolute Gasteiger partial charge is 0.184 e. The number of ketones is 1. The first-order valence-electron chi connectivity index (χ1n) is 4.36. The minimum absolute atomic E-state index is 0.225. The lowest BCUT2D eigenvalue weighted by Crippen LogP contribution is -2.17. The van der Waals surface area contributed by atoms with E-state index < -0.39 is 0 Å². The van der Waals surface area contributed by atoms with Crippen molar-refractivity contribution in [3.05, 3.63) is 22.3 Å². The third kappa shape index (κ3) is 1.13. The average Bonchev–Trinajstić information content (AvgIpc) is 2.08. The fraction of sp³-hybridized carbons (Fsp3) is 0.545. The zero-order valence-electron chi connectivity index (χ0n) is 8.49. The summed E-state index contributed by atoms with van der Waals surface area (Å²) in [6.07, 6.45) is 0. The van der Waals surface area contributed by atoms with E-state index in [0.29, 0.717) is 5.92 Å². The van der Waals surface area contributed by atoms with Crippen LogP contribution in [0.15, 0.2) is 22.3 Å². The second-order valence-corrected chi connectivity index (χ2v) is 3.67. The van der Waals surface area contributed by atoms with Crippen molar-refractivity contribution in [3.8, 4) is 0 Å². The Hall–Kier alpha value is -0.850. The normalized spacial score (nSPS) is 20.9. The first-order valence-corrected chi connectivity index (χ1v) is 4.36. The first-order chi connectivity index (χ1) is 5.46. The summed E-state index contributed by atoms with van der Waals surface area (Å²) < 4.78 is 0. The van der Waals surface area contributed by atoms with E-state index in [1.165, 1.54) is 11.1 Å². The van der Waals surface area contributed by atoms with Gasteiger partial charge in [-0.3, -0.25) is 4.79 Å². The van der Waals surface area contributed by atoms with E-state index in [-0.39, 0.29) is 5.78 Å². The number of hydrogen-bond donors (Lipinski definition) is 0. The molecule has 0 saturated carbocycles. The van der Waals surface area contributed by atoms with Crippen LogP contribution >= 0.6 is 0 Å². The molecule has 0 unspecified atom stereocenters. The molecule has 0 N–H and O–H groups in total. The van der Waals surface area contributed by atoms with E-state index >= 15 is 0 Å². The van der Waals surface area contributed by atoms with Crippen molar-refractivity contribution in [2.24, 2.45) is 5.92 Å². The van der Waals surface area contributed by atoms with E-state index in [1.54, 1.807) is 0 Å². The van der Waals surface area contributed by atoms with Crippen molar-refractivity contribution in [1.82, 2.24) is 0 Å². The van der Waals surface area contributed by atoms with Gasteiger partial charge in [0.05, 0.1) is 0 Å². The molecular formula is C11H16O. The molecule has 0 bridgehead atoms. The van der Waals surface area contributed by atoms with Crippen LogP contribution in [0.5, 0.6) is 0 Å². The molecule has 0 aliphatic heterocycles. The van der Waals surface area contributed by atoms with Crippen molar-refractivity contribution < 1.29 is 4.79 Å². The number of allylic oxidation sites excluding steroid dienone is 4. The summed E-state index contributed by atoms with van der Waals surface area (Å²) in [6.45, 7) is 10.1. The summed E-state index contributed by atoms with van der Waals surface area (Å²) in [7, 11) is 0. The predicted molar refractivity (Wildman–Crippen MR) is 50.9 cm³/mol. The summed E-state index contributed by atoms with van der Waals surface area (Å²) in [4.78, 5) is 11.6. The molecule has 0 heterocycles. The van der Waals surface area contributed by atoms with Crippen LogP contribution in [0.4, 0.5) is 0 Å². The van der Waals surface area contributed by atoms with Crippen LogP contribution in [-0.2, 0) is 4.79 Å². The highest BCUT2D eigenvalue weighted by atomic mass is 16.1. The molecule has 0 fully saturated rings. The molecule has 0 saturated heterocycles. The standard InChI is InChI=1S/C11H16O/c1-6-7(2)9(4)11(12)10(5)8(6)3/h6H,1-5H3. The Bertz CT molecular complexity index is 264. The van der Waals surface area contributed by atoms with Crippen molar-refractivity contribution in [3.63, 3.8) is 0 Å². The SMILES string of the molecule is CC1=C(C)C(C)C(C)=C(C)C1=O. The number of hydrogen-bond acceptors (Lipinski definition) is 1. The fourth-order valence-corrected chi connectivity index (χ4v) is 1.61. The fourth-order valence-electron chi connectivity index (χ4n) is 1.61. The molecule has 0 aromatic rings. The zero-order valence-corrected chi connectivity index (χ0v) is 8.49. The molecule has 1 rings (SSSR count). The van der Waals surface area contributed by atoms with E-state index in [0.717, 1.165) is 11.1 Å². The topological polar surface area (TPSA) is 17.1 Å². The molecule has 1 nitrogen and oxygen atoms in total. The Labute approximate surface area is 74.2 Å². The molecule has 1 aliphatic rings. The van der Waals surface area contributed by atoms with Crippen LogP contribution in [0, 0.1) is 5.92 Å². The Morgan fingerprint density at radius 3 is 1.58 bits per heavy atom. The Morgan fingerprint density at radius 1 is 0.917 bits per heavy atom. The maximum atomic E-state index is 11.6. The van der Waals surface area contributed by atoms with Gasteiger partial charge in [0.2, 0.25) is 0 Å². The number of Topliss-reactive ketones (excluding diaryl/α,β-unsaturated/α-hetero) is 1. The third-order valence-electron chi connectivity index (χ3n) is 3.16. The van der Waals surface area contributed by atoms with Crippen LogP contribution in [0.3, 0.4) is 0 Å². The molecular weight excluding hydrogens is 148 g/mol. The van der Waals surface area contributed by atoms with Gasteiger partial charge in [0, 0.05) is 0 Å². The molecule has 1 heteroatoms. The maximum absolute atomic E-state index is 11.6. The second-order valence-electron chi connectivity index (χ2n) is 3.67. The largest absolute Gasteiger partial charge is 0.289 e. The van der Waals surface area contributed by atoms with Crippen LogP contribution < -0.4 is 0 Å². The number of rotatable bonds is 0. The molecule has 66 valence electrons. The molecule has 0 aromatic heterocycles. The van der Waals surface area contributed by atoms with Crippen molar-refractivity contribution in [1.29, 1.82) is 0 Å². The van der Waals surface area contributed by atoms with Crippen molar-refractivity contribution >= 4 is 5.78 Å². The van der Waals surface area contributed by atoms with Gasteiger partial charge in [-0.2, -0.15) is 0 Å². The van der Waals surface area contributed by atoms with Crippen LogP contribution in [0.25, 0.3) is 0 Å². The lowest BCUT2D eigenvalue weighted by molar-refractivity contribution is -0.112. The summed E-state index contributed by atoms with van der Waals surface area (Å²) in [5, 5.41) is 0. The third-order valence-corrected chi connectivity index (χ3v) is 3.16. The van der Waals surface area contributed by atoms with Gasteiger partial charge in [0.25, 0.3) is 0 Å². The van der Waals surface area contributed by atoms with Gasteiger partial charge in [-0.1, -0.05) is 18.1 Å². The summed E-state index contributed by atoms with van der Waals surface area (Å²) in [5.41, 5.74) is 4.32. The van der Waals surface area contributed by atoms with E-state index in [4.69, 9.17) is 0 Å². The molecule has 0 atom stereocenters. The molecule has 0 aromatic carbocycles. The summed E-state index contributed by atoms with van der Waals surface area (Å²) in [5.74, 6) is 0.672. The highest BCUT2D eigenvalue weighted by Crippen LogP contribution is 2.31. The monoisotopic (exact) mass is 164 g/mol. The highest BCUT2D eigenvalue weighted by molar-refractivity contribution is 6.09. The highest BCUT2D eigenvalue weighted by Gasteiger charge is 2.23. The minimum Gasteiger partial charge on any atom is -0.289 e. The van der Waals surface area contributed by atoms with Crippen molar-refractivity contribution in [2.45, 2.75) is 34.6 Å². The van der Waals surface area contributed by atoms with Gasteiger partial charge >= 0.3 is 0 Å². The van der Waals surface area contributed by atoms with E-state index in [1.807, 2.05) is 27.7 Å². The molecule has 0 radical (unpaired) electrons. The van der Waals surface area contributed by atoms with Crippen LogP contribution in [0.2, 0.25) is 0 Å². The summed E-state index contributed by atoms with van der Waals surface area (Å²) >= 11 is 0. The lowest BCUT2D eigenvalue weighted by Gasteiger charge is -2.23. The predicted octanol–water partition coefficient (Wildman–Crippen LogP) is 2.88. The number of carbonyl (C=O) groups excluding carboxylic acids is 1. The quantitative estimate of drug-likeness (QED) is 0.538. The van der Waals surface area contributed by atoms with Gasteiger partial charge in [-0.05, 0) is 44.8 Å². The van der Waals surface area contributed by atoms with Gasteiger partial charge < -0.3 is 0 Å². The van der Waals surface area contributed by atoms with Crippen LogP contribution in [0.1, 0.15) is 34.6 Å². The lowest BCUT2D eigenvalue weighted by atomic mass is 9.81. The Morgan fingerprint density at radius 2 is 1.25 bits per heavy atom. The van der Waals surface area contributed by atoms with Gasteiger partial charge in [-0.25, -0.2) is 0 Å². The minimum atomic E-state index is 0.225. The molecule has 0 spiro atoms. The van der Waals surface area contributed by atoms with Crippen molar-refractivity contribution in [2.75, 3.05) is 0 Å². The van der Waals surface area contributed by atoms with Crippen LogP contribution in [-0.4, -0.2) is 5.78 Å². The molecule has 0 amide bonds. The number of carbonyl (C=O) groups is 1. The average molecular weight is 164 g/mol. The zero-order chi connectivity index (χ0) is 9.46. The Balaban J connectivity index is 3.22. The van der Waals surface area contributed by atoms with E-state index in [9.17, 15) is 4.79 Å². The van der Waals surface area contributed by atoms with Gasteiger partial charge in [0.1, 0.15) is 0 Å². The maximum Gasteiger partial charge on any atom is 0.184 e. The van der Waals surface area contributed by atoms with Gasteiger partial charge in [-0.15, -0.1) is 0 Å². The molecule has 12 heavy (non-hydrogen) atoms.